The molecule has 0 aliphatic heterocycles. The van der Waals surface area contributed by atoms with E-state index >= 15 is 0 Å². The second kappa shape index (κ2) is 8.00. The summed E-state index contributed by atoms with van der Waals surface area (Å²) in [4.78, 5) is 15.7. The summed E-state index contributed by atoms with van der Waals surface area (Å²) in [7, 11) is 5.18. The Morgan fingerprint density at radius 3 is 2.52 bits per heavy atom. The van der Waals surface area contributed by atoms with Gasteiger partial charge in [-0.25, -0.2) is 0 Å². The Morgan fingerprint density at radius 1 is 1.38 bits per heavy atom. The quantitative estimate of drug-likeness (QED) is 0.827. The van der Waals surface area contributed by atoms with Gasteiger partial charge in [-0.3, -0.25) is 9.69 Å². The van der Waals surface area contributed by atoms with Crippen LogP contribution in [0.25, 0.3) is 0 Å². The molecule has 0 fully saturated rings. The third kappa shape index (κ3) is 4.72. The SMILES string of the molecule is CCN(CC(=O)N(C)C)C(c1cccc(OC)c1)C(C)N. The predicted octanol–water partition coefficient (Wildman–Crippen LogP) is 1.49. The van der Waals surface area contributed by atoms with Gasteiger partial charge >= 0.3 is 0 Å². The molecule has 2 atom stereocenters. The molecular weight excluding hydrogens is 266 g/mol. The molecule has 118 valence electrons. The Hall–Kier alpha value is -1.59. The fraction of sp³-hybridized carbons (Fsp3) is 0.562. The standard InChI is InChI=1S/C16H27N3O2/c1-6-19(11-15(20)18(3)4)16(12(2)17)13-8-7-9-14(10-13)21-5/h7-10,12,16H,6,11,17H2,1-5H3. The summed E-state index contributed by atoms with van der Waals surface area (Å²) in [6.45, 7) is 5.11. The lowest BCUT2D eigenvalue weighted by Gasteiger charge is -2.34. The van der Waals surface area contributed by atoms with Gasteiger partial charge in [0, 0.05) is 20.1 Å². The number of amides is 1. The number of benzene rings is 1. The molecule has 0 bridgehead atoms. The monoisotopic (exact) mass is 293 g/mol. The first-order valence-corrected chi connectivity index (χ1v) is 7.24. The fourth-order valence-electron chi connectivity index (χ4n) is 2.39. The lowest BCUT2D eigenvalue weighted by Crippen LogP contribution is -2.44. The average molecular weight is 293 g/mol. The molecule has 21 heavy (non-hydrogen) atoms. The molecule has 5 heteroatoms. The summed E-state index contributed by atoms with van der Waals surface area (Å²) >= 11 is 0. The van der Waals surface area contributed by atoms with E-state index in [-0.39, 0.29) is 18.0 Å². The van der Waals surface area contributed by atoms with Crippen molar-refractivity contribution in [3.05, 3.63) is 29.8 Å². The zero-order valence-corrected chi connectivity index (χ0v) is 13.7. The van der Waals surface area contributed by atoms with Crippen LogP contribution >= 0.6 is 0 Å². The Bertz CT molecular complexity index is 461. The average Bonchev–Trinajstić information content (AvgIpc) is 2.46. The summed E-state index contributed by atoms with van der Waals surface area (Å²) < 4.78 is 5.28. The van der Waals surface area contributed by atoms with E-state index in [4.69, 9.17) is 10.5 Å². The van der Waals surface area contributed by atoms with Crippen LogP contribution in [0.15, 0.2) is 24.3 Å². The van der Waals surface area contributed by atoms with E-state index in [0.717, 1.165) is 17.9 Å². The highest BCUT2D eigenvalue weighted by Crippen LogP contribution is 2.26. The second-order valence-corrected chi connectivity index (χ2v) is 5.43. The number of carbonyl (C=O) groups excluding carboxylic acids is 1. The van der Waals surface area contributed by atoms with Crippen LogP contribution in [0.5, 0.6) is 5.75 Å². The number of carbonyl (C=O) groups is 1. The van der Waals surface area contributed by atoms with E-state index < -0.39 is 0 Å². The zero-order valence-electron chi connectivity index (χ0n) is 13.7. The van der Waals surface area contributed by atoms with Crippen LogP contribution in [0, 0.1) is 0 Å². The summed E-state index contributed by atoms with van der Waals surface area (Å²) in [5, 5.41) is 0. The van der Waals surface area contributed by atoms with E-state index in [1.54, 1.807) is 26.1 Å². The van der Waals surface area contributed by atoms with E-state index in [0.29, 0.717) is 6.54 Å². The number of rotatable bonds is 7. The molecule has 5 nitrogen and oxygen atoms in total. The minimum absolute atomic E-state index is 0.0194. The van der Waals surface area contributed by atoms with E-state index in [2.05, 4.69) is 4.90 Å². The first-order chi connectivity index (χ1) is 9.90. The topological polar surface area (TPSA) is 58.8 Å². The van der Waals surface area contributed by atoms with Crippen LogP contribution in [0.2, 0.25) is 0 Å². The van der Waals surface area contributed by atoms with Crippen LogP contribution in [0.3, 0.4) is 0 Å². The van der Waals surface area contributed by atoms with Gasteiger partial charge in [-0.05, 0) is 31.2 Å². The molecular formula is C16H27N3O2. The molecule has 1 amide bonds. The summed E-state index contributed by atoms with van der Waals surface area (Å²) in [6.07, 6.45) is 0. The minimum Gasteiger partial charge on any atom is -0.497 e. The smallest absolute Gasteiger partial charge is 0.236 e. The number of ether oxygens (including phenoxy) is 1. The molecule has 0 aliphatic carbocycles. The van der Waals surface area contributed by atoms with E-state index in [1.807, 2.05) is 38.1 Å². The number of nitrogens with two attached hydrogens (primary N) is 1. The minimum atomic E-state index is -0.0907. The Morgan fingerprint density at radius 2 is 2.05 bits per heavy atom. The molecule has 0 heterocycles. The number of methoxy groups -OCH3 is 1. The molecule has 0 saturated heterocycles. The highest BCUT2D eigenvalue weighted by molar-refractivity contribution is 5.77. The summed E-state index contributed by atoms with van der Waals surface area (Å²) in [5.74, 6) is 0.874. The van der Waals surface area contributed by atoms with Crippen molar-refractivity contribution in [2.75, 3.05) is 34.3 Å². The van der Waals surface area contributed by atoms with Crippen molar-refractivity contribution >= 4 is 5.91 Å². The molecule has 0 spiro atoms. The molecule has 0 aromatic heterocycles. The van der Waals surface area contributed by atoms with E-state index in [1.165, 1.54) is 0 Å². The van der Waals surface area contributed by atoms with Crippen LogP contribution in [0.4, 0.5) is 0 Å². The van der Waals surface area contributed by atoms with Crippen molar-refractivity contribution in [3.8, 4) is 5.75 Å². The largest absolute Gasteiger partial charge is 0.497 e. The summed E-state index contributed by atoms with van der Waals surface area (Å²) in [6, 6.07) is 7.76. The van der Waals surface area contributed by atoms with Crippen molar-refractivity contribution in [3.63, 3.8) is 0 Å². The van der Waals surface area contributed by atoms with Crippen molar-refractivity contribution in [2.24, 2.45) is 5.73 Å². The molecule has 0 aliphatic rings. The van der Waals surface area contributed by atoms with Gasteiger partial charge in [0.1, 0.15) is 5.75 Å². The zero-order chi connectivity index (χ0) is 16.0. The molecule has 1 aromatic carbocycles. The van der Waals surface area contributed by atoms with Gasteiger partial charge in [0.2, 0.25) is 5.91 Å². The van der Waals surface area contributed by atoms with Crippen molar-refractivity contribution in [1.82, 2.24) is 9.80 Å². The first-order valence-electron chi connectivity index (χ1n) is 7.24. The summed E-state index contributed by atoms with van der Waals surface area (Å²) in [5.41, 5.74) is 7.25. The molecule has 2 unspecified atom stereocenters. The molecule has 1 aromatic rings. The predicted molar refractivity (Wildman–Crippen MR) is 85.3 cm³/mol. The normalized spacial score (nSPS) is 13.9. The lowest BCUT2D eigenvalue weighted by atomic mass is 9.98. The van der Waals surface area contributed by atoms with E-state index in [9.17, 15) is 4.79 Å². The van der Waals surface area contributed by atoms with Crippen LogP contribution in [-0.2, 0) is 4.79 Å². The van der Waals surface area contributed by atoms with Crippen molar-refractivity contribution in [2.45, 2.75) is 25.9 Å². The second-order valence-electron chi connectivity index (χ2n) is 5.43. The van der Waals surface area contributed by atoms with Gasteiger partial charge in [-0.1, -0.05) is 19.1 Å². The maximum Gasteiger partial charge on any atom is 0.236 e. The number of hydrogen-bond acceptors (Lipinski definition) is 4. The van der Waals surface area contributed by atoms with Gasteiger partial charge < -0.3 is 15.4 Å². The van der Waals surface area contributed by atoms with Gasteiger partial charge in [-0.2, -0.15) is 0 Å². The molecule has 0 saturated carbocycles. The number of hydrogen-bond donors (Lipinski definition) is 1. The number of nitrogens with zero attached hydrogens (tertiary/aromatic N) is 2. The van der Waals surface area contributed by atoms with Gasteiger partial charge in [0.05, 0.1) is 19.7 Å². The Balaban J connectivity index is 3.05. The van der Waals surface area contributed by atoms with Crippen LogP contribution in [-0.4, -0.2) is 56.0 Å². The lowest BCUT2D eigenvalue weighted by molar-refractivity contribution is -0.130. The van der Waals surface area contributed by atoms with Crippen molar-refractivity contribution < 1.29 is 9.53 Å². The van der Waals surface area contributed by atoms with Gasteiger partial charge in [0.15, 0.2) is 0 Å². The van der Waals surface area contributed by atoms with Crippen LogP contribution < -0.4 is 10.5 Å². The molecule has 0 radical (unpaired) electrons. The highest BCUT2D eigenvalue weighted by Gasteiger charge is 2.25. The Kier molecular flexibility index (Phi) is 6.65. The van der Waals surface area contributed by atoms with Gasteiger partial charge in [-0.15, -0.1) is 0 Å². The highest BCUT2D eigenvalue weighted by atomic mass is 16.5. The Labute approximate surface area is 127 Å². The fourth-order valence-corrected chi connectivity index (χ4v) is 2.39. The van der Waals surface area contributed by atoms with Gasteiger partial charge in [0.25, 0.3) is 0 Å². The maximum atomic E-state index is 12.0. The maximum absolute atomic E-state index is 12.0. The third-order valence-electron chi connectivity index (χ3n) is 3.57. The molecule has 2 N–H and O–H groups in total. The first kappa shape index (κ1) is 17.5. The van der Waals surface area contributed by atoms with Crippen LogP contribution in [0.1, 0.15) is 25.5 Å². The molecule has 1 rings (SSSR count). The number of likely N-dealkylation sites (N-methyl/N-ethyl adjacent to an activating group) is 2. The van der Waals surface area contributed by atoms with Crippen molar-refractivity contribution in [1.29, 1.82) is 0 Å². The third-order valence-corrected chi connectivity index (χ3v) is 3.57.